The number of aliphatic hydroxyl groups is 1. The molecule has 7 nitrogen and oxygen atoms in total. The fourth-order valence-corrected chi connectivity index (χ4v) is 2.47. The SMILES string of the molecule is COC(=O)C[C@@H]1C(C(=O)OC)=CO[C@@H]2COC(O)[C@H]12. The number of ether oxygens (including phenoxy) is 4. The second-order valence-corrected chi connectivity index (χ2v) is 4.43. The van der Waals surface area contributed by atoms with Crippen LogP contribution in [0.2, 0.25) is 0 Å². The number of hydrogen-bond acceptors (Lipinski definition) is 7. The van der Waals surface area contributed by atoms with Crippen LogP contribution in [0, 0.1) is 11.8 Å². The van der Waals surface area contributed by atoms with Crippen LogP contribution in [0.3, 0.4) is 0 Å². The van der Waals surface area contributed by atoms with Gasteiger partial charge >= 0.3 is 11.9 Å². The molecule has 0 aromatic carbocycles. The van der Waals surface area contributed by atoms with Crippen LogP contribution in [0.1, 0.15) is 6.42 Å². The molecule has 2 aliphatic rings. The molecule has 0 spiro atoms. The minimum atomic E-state index is -1.08. The third kappa shape index (κ3) is 2.57. The van der Waals surface area contributed by atoms with Gasteiger partial charge < -0.3 is 24.1 Å². The topological polar surface area (TPSA) is 91.3 Å². The molecule has 106 valence electrons. The molecule has 1 N–H and O–H groups in total. The van der Waals surface area contributed by atoms with Crippen molar-refractivity contribution in [2.75, 3.05) is 20.8 Å². The van der Waals surface area contributed by atoms with Crippen molar-refractivity contribution in [1.29, 1.82) is 0 Å². The molecule has 0 aliphatic carbocycles. The van der Waals surface area contributed by atoms with Crippen molar-refractivity contribution in [1.82, 2.24) is 0 Å². The fraction of sp³-hybridized carbons (Fsp3) is 0.667. The third-order valence-corrected chi connectivity index (χ3v) is 3.46. The van der Waals surface area contributed by atoms with Gasteiger partial charge in [-0.15, -0.1) is 0 Å². The Kier molecular flexibility index (Phi) is 4.06. The molecule has 1 fully saturated rings. The molecule has 7 heteroatoms. The van der Waals surface area contributed by atoms with E-state index in [4.69, 9.17) is 9.47 Å². The van der Waals surface area contributed by atoms with E-state index in [9.17, 15) is 14.7 Å². The van der Waals surface area contributed by atoms with Gasteiger partial charge in [-0.1, -0.05) is 0 Å². The maximum atomic E-state index is 11.7. The Balaban J connectivity index is 2.26. The molecule has 1 unspecified atom stereocenters. The van der Waals surface area contributed by atoms with Crippen LogP contribution in [-0.4, -0.2) is 50.3 Å². The molecule has 2 aliphatic heterocycles. The molecular formula is C12H16O7. The lowest BCUT2D eigenvalue weighted by Crippen LogP contribution is -2.40. The Morgan fingerprint density at radius 1 is 1.42 bits per heavy atom. The number of rotatable bonds is 3. The first-order chi connectivity index (χ1) is 9.08. The van der Waals surface area contributed by atoms with Crippen molar-refractivity contribution < 1.29 is 33.6 Å². The van der Waals surface area contributed by atoms with Crippen LogP contribution in [0.15, 0.2) is 11.8 Å². The fourth-order valence-electron chi connectivity index (χ4n) is 2.47. The predicted octanol–water partition coefficient (Wildman–Crippen LogP) is -0.414. The maximum Gasteiger partial charge on any atom is 0.337 e. The van der Waals surface area contributed by atoms with E-state index >= 15 is 0 Å². The van der Waals surface area contributed by atoms with Crippen molar-refractivity contribution in [2.45, 2.75) is 18.8 Å². The Labute approximate surface area is 110 Å². The summed E-state index contributed by atoms with van der Waals surface area (Å²) in [7, 11) is 2.51. The van der Waals surface area contributed by atoms with Gasteiger partial charge in [-0.05, 0) is 0 Å². The van der Waals surface area contributed by atoms with E-state index in [0.717, 1.165) is 0 Å². The van der Waals surface area contributed by atoms with Crippen molar-refractivity contribution in [3.63, 3.8) is 0 Å². The summed E-state index contributed by atoms with van der Waals surface area (Å²) < 4.78 is 19.7. The van der Waals surface area contributed by atoms with E-state index in [0.29, 0.717) is 0 Å². The van der Waals surface area contributed by atoms with Crippen LogP contribution < -0.4 is 0 Å². The normalized spacial score (nSPS) is 32.9. The van der Waals surface area contributed by atoms with Crippen LogP contribution in [0.4, 0.5) is 0 Å². The van der Waals surface area contributed by atoms with Crippen molar-refractivity contribution in [3.8, 4) is 0 Å². The summed E-state index contributed by atoms with van der Waals surface area (Å²) in [5.41, 5.74) is 0.207. The smallest absolute Gasteiger partial charge is 0.337 e. The molecule has 0 bridgehead atoms. The summed E-state index contributed by atoms with van der Waals surface area (Å²) in [6.07, 6.45) is -0.212. The standard InChI is InChI=1S/C12H16O7/c1-16-9(13)3-6-7(11(14)17-2)4-18-8-5-19-12(15)10(6)8/h4,6,8,10,12,15H,3,5H2,1-2H3/t6-,8-,10-,12?/m1/s1. The second-order valence-electron chi connectivity index (χ2n) is 4.43. The van der Waals surface area contributed by atoms with Crippen molar-refractivity contribution in [3.05, 3.63) is 11.8 Å². The minimum Gasteiger partial charge on any atom is -0.495 e. The Morgan fingerprint density at radius 2 is 2.16 bits per heavy atom. The zero-order valence-electron chi connectivity index (χ0n) is 10.7. The van der Waals surface area contributed by atoms with Crippen LogP contribution in [0.5, 0.6) is 0 Å². The molecule has 2 heterocycles. The largest absolute Gasteiger partial charge is 0.495 e. The summed E-state index contributed by atoms with van der Waals surface area (Å²) in [6, 6.07) is 0. The lowest BCUT2D eigenvalue weighted by atomic mass is 9.79. The highest BCUT2D eigenvalue weighted by Gasteiger charge is 2.48. The maximum absolute atomic E-state index is 11.7. The van der Waals surface area contributed by atoms with Gasteiger partial charge in [0.15, 0.2) is 6.29 Å². The predicted molar refractivity (Wildman–Crippen MR) is 60.5 cm³/mol. The summed E-state index contributed by atoms with van der Waals surface area (Å²) in [5, 5.41) is 9.82. The Morgan fingerprint density at radius 3 is 2.79 bits per heavy atom. The number of esters is 2. The highest BCUT2D eigenvalue weighted by molar-refractivity contribution is 5.89. The lowest BCUT2D eigenvalue weighted by Gasteiger charge is -2.32. The first-order valence-electron chi connectivity index (χ1n) is 5.88. The Bertz CT molecular complexity index is 403. The average molecular weight is 272 g/mol. The minimum absolute atomic E-state index is 0.0393. The molecule has 0 aromatic rings. The average Bonchev–Trinajstić information content (AvgIpc) is 2.80. The van der Waals surface area contributed by atoms with Gasteiger partial charge in [-0.3, -0.25) is 4.79 Å². The molecule has 0 amide bonds. The van der Waals surface area contributed by atoms with Gasteiger partial charge in [-0.2, -0.15) is 0 Å². The quantitative estimate of drug-likeness (QED) is 0.698. The zero-order chi connectivity index (χ0) is 14.0. The lowest BCUT2D eigenvalue weighted by molar-refractivity contribution is -0.145. The van der Waals surface area contributed by atoms with Crippen molar-refractivity contribution >= 4 is 11.9 Å². The Hall–Kier alpha value is -1.60. The van der Waals surface area contributed by atoms with E-state index < -0.39 is 30.1 Å². The van der Waals surface area contributed by atoms with Crippen molar-refractivity contribution in [2.24, 2.45) is 11.8 Å². The monoisotopic (exact) mass is 272 g/mol. The van der Waals surface area contributed by atoms with Gasteiger partial charge in [0, 0.05) is 5.92 Å². The number of carbonyl (C=O) groups is 2. The number of aliphatic hydroxyl groups excluding tert-OH is 1. The second kappa shape index (κ2) is 5.58. The molecule has 0 radical (unpaired) electrons. The van der Waals surface area contributed by atoms with E-state index in [1.54, 1.807) is 0 Å². The number of methoxy groups -OCH3 is 2. The van der Waals surface area contributed by atoms with Gasteiger partial charge in [0.25, 0.3) is 0 Å². The van der Waals surface area contributed by atoms with Gasteiger partial charge in [0.2, 0.25) is 0 Å². The summed E-state index contributed by atoms with van der Waals surface area (Å²) in [4.78, 5) is 23.2. The molecule has 19 heavy (non-hydrogen) atoms. The van der Waals surface area contributed by atoms with E-state index in [1.807, 2.05) is 0 Å². The van der Waals surface area contributed by atoms with Crippen LogP contribution in [0.25, 0.3) is 0 Å². The first kappa shape index (κ1) is 13.8. The van der Waals surface area contributed by atoms with Gasteiger partial charge in [-0.25, -0.2) is 4.79 Å². The van der Waals surface area contributed by atoms with Crippen LogP contribution >= 0.6 is 0 Å². The molecule has 0 saturated carbocycles. The van der Waals surface area contributed by atoms with Gasteiger partial charge in [0.1, 0.15) is 6.10 Å². The highest BCUT2D eigenvalue weighted by Crippen LogP contribution is 2.39. The zero-order valence-corrected chi connectivity index (χ0v) is 10.7. The summed E-state index contributed by atoms with van der Waals surface area (Å²) in [5.74, 6) is -2.10. The molecule has 4 atom stereocenters. The molecule has 1 saturated heterocycles. The molecule has 0 aromatic heterocycles. The first-order valence-corrected chi connectivity index (χ1v) is 5.88. The number of carbonyl (C=O) groups excluding carboxylic acids is 2. The molecule has 2 rings (SSSR count). The summed E-state index contributed by atoms with van der Waals surface area (Å²) >= 11 is 0. The van der Waals surface area contributed by atoms with E-state index in [-0.39, 0.29) is 24.7 Å². The molecular weight excluding hydrogens is 256 g/mol. The van der Waals surface area contributed by atoms with E-state index in [2.05, 4.69) is 9.47 Å². The third-order valence-electron chi connectivity index (χ3n) is 3.46. The number of fused-ring (bicyclic) bond motifs is 1. The van der Waals surface area contributed by atoms with Crippen LogP contribution in [-0.2, 0) is 28.5 Å². The van der Waals surface area contributed by atoms with E-state index in [1.165, 1.54) is 20.5 Å². The summed E-state index contributed by atoms with van der Waals surface area (Å²) in [6.45, 7) is 0.217. The highest BCUT2D eigenvalue weighted by atomic mass is 16.6. The van der Waals surface area contributed by atoms with Gasteiger partial charge in [0.05, 0.1) is 45.0 Å². The number of hydrogen-bond donors (Lipinski definition) is 1.